The fourth-order valence-corrected chi connectivity index (χ4v) is 3.30. The predicted molar refractivity (Wildman–Crippen MR) is 109 cm³/mol. The number of carbonyl (C=O) groups is 1. The first-order chi connectivity index (χ1) is 13.5. The zero-order valence-electron chi connectivity index (χ0n) is 16.4. The zero-order valence-corrected chi connectivity index (χ0v) is 16.4. The summed E-state index contributed by atoms with van der Waals surface area (Å²) in [5, 5.41) is 15.0. The summed E-state index contributed by atoms with van der Waals surface area (Å²) in [5.74, 6) is -0.163. The van der Waals surface area contributed by atoms with Gasteiger partial charge in [0.05, 0.1) is 28.3 Å². The summed E-state index contributed by atoms with van der Waals surface area (Å²) in [4.78, 5) is 13.3. The molecule has 1 aliphatic heterocycles. The molecule has 0 saturated heterocycles. The number of hydrogen-bond acceptors (Lipinski definition) is 4. The van der Waals surface area contributed by atoms with Crippen LogP contribution in [-0.2, 0) is 18.4 Å². The zero-order chi connectivity index (χ0) is 19.8. The summed E-state index contributed by atoms with van der Waals surface area (Å²) in [6.45, 7) is 6.68. The van der Waals surface area contributed by atoms with Crippen LogP contribution < -0.4 is 5.01 Å². The van der Waals surface area contributed by atoms with Crippen molar-refractivity contribution in [3.63, 3.8) is 0 Å². The number of benzene rings is 1. The molecule has 0 radical (unpaired) electrons. The molecule has 7 nitrogen and oxygen atoms in total. The molecule has 142 valence electrons. The van der Waals surface area contributed by atoms with Crippen LogP contribution in [0.3, 0.4) is 0 Å². The van der Waals surface area contributed by atoms with Gasteiger partial charge in [0, 0.05) is 25.4 Å². The van der Waals surface area contributed by atoms with Crippen molar-refractivity contribution in [2.24, 2.45) is 12.1 Å². The molecule has 0 saturated carbocycles. The topological polar surface area (TPSA) is 68.3 Å². The molecule has 1 amide bonds. The second kappa shape index (κ2) is 6.92. The van der Waals surface area contributed by atoms with Crippen molar-refractivity contribution in [2.45, 2.75) is 27.3 Å². The van der Waals surface area contributed by atoms with Gasteiger partial charge in [-0.05, 0) is 45.0 Å². The number of rotatable bonds is 4. The van der Waals surface area contributed by atoms with E-state index in [0.29, 0.717) is 11.3 Å². The highest BCUT2D eigenvalue weighted by Crippen LogP contribution is 2.28. The Kier molecular flexibility index (Phi) is 4.43. The van der Waals surface area contributed by atoms with Gasteiger partial charge in [-0.25, -0.2) is 0 Å². The molecule has 3 aromatic rings. The molecule has 0 spiro atoms. The molecule has 0 fully saturated rings. The molecule has 1 aliphatic rings. The van der Waals surface area contributed by atoms with Gasteiger partial charge in [0.2, 0.25) is 0 Å². The predicted octanol–water partition coefficient (Wildman–Crippen LogP) is 3.09. The normalized spacial score (nSPS) is 15.6. The van der Waals surface area contributed by atoms with E-state index in [2.05, 4.69) is 15.3 Å². The number of aryl methyl sites for hydroxylation is 4. The van der Waals surface area contributed by atoms with E-state index in [0.717, 1.165) is 34.9 Å². The Morgan fingerprint density at radius 3 is 2.46 bits per heavy atom. The van der Waals surface area contributed by atoms with Crippen LogP contribution in [0.2, 0.25) is 0 Å². The number of carbonyl (C=O) groups excluding carboxylic acids is 1. The Bertz CT molecular complexity index is 1100. The SMILES string of the molecule is CCn1cc(C=C2C(=O)N(c3ccccc3)N=C2c2cc(C)nn2C)c(C)n1. The number of amides is 1. The van der Waals surface area contributed by atoms with E-state index in [9.17, 15) is 4.79 Å². The Hall–Kier alpha value is -3.48. The van der Waals surface area contributed by atoms with Crippen LogP contribution in [0.25, 0.3) is 6.08 Å². The van der Waals surface area contributed by atoms with Gasteiger partial charge >= 0.3 is 0 Å². The lowest BCUT2D eigenvalue weighted by molar-refractivity contribution is -0.114. The minimum Gasteiger partial charge on any atom is -0.272 e. The van der Waals surface area contributed by atoms with Crippen LogP contribution in [0.1, 0.15) is 29.6 Å². The van der Waals surface area contributed by atoms with E-state index in [4.69, 9.17) is 0 Å². The largest absolute Gasteiger partial charge is 0.281 e. The van der Waals surface area contributed by atoms with Crippen LogP contribution in [0.15, 0.2) is 53.3 Å². The van der Waals surface area contributed by atoms with Crippen molar-refractivity contribution in [1.82, 2.24) is 19.6 Å². The fourth-order valence-electron chi connectivity index (χ4n) is 3.30. The monoisotopic (exact) mass is 374 g/mol. The van der Waals surface area contributed by atoms with Crippen molar-refractivity contribution in [3.05, 3.63) is 70.8 Å². The molecule has 0 unspecified atom stereocenters. The third kappa shape index (κ3) is 3.05. The standard InChI is InChI=1S/C21H22N6O/c1-5-26-13-16(15(3)23-26)12-18-20(19-11-14(2)22-25(19)4)24-27(21(18)28)17-9-7-6-8-10-17/h6-13H,5H2,1-4H3. The van der Waals surface area contributed by atoms with Crippen LogP contribution in [-0.4, -0.2) is 31.2 Å². The number of anilines is 1. The maximum atomic E-state index is 13.3. The van der Waals surface area contributed by atoms with E-state index >= 15 is 0 Å². The first-order valence-corrected chi connectivity index (χ1v) is 9.23. The van der Waals surface area contributed by atoms with E-state index in [1.54, 1.807) is 4.68 Å². The maximum Gasteiger partial charge on any atom is 0.281 e. The van der Waals surface area contributed by atoms with Gasteiger partial charge in [-0.3, -0.25) is 14.2 Å². The summed E-state index contributed by atoms with van der Waals surface area (Å²) >= 11 is 0. The summed E-state index contributed by atoms with van der Waals surface area (Å²) in [6, 6.07) is 11.4. The van der Waals surface area contributed by atoms with Crippen molar-refractivity contribution in [3.8, 4) is 0 Å². The van der Waals surface area contributed by atoms with E-state index in [1.165, 1.54) is 5.01 Å². The summed E-state index contributed by atoms with van der Waals surface area (Å²) in [6.07, 6.45) is 3.83. The van der Waals surface area contributed by atoms with Crippen LogP contribution >= 0.6 is 0 Å². The Morgan fingerprint density at radius 1 is 1.11 bits per heavy atom. The van der Waals surface area contributed by atoms with Gasteiger partial charge < -0.3 is 0 Å². The average Bonchev–Trinajstić information content (AvgIpc) is 3.32. The number of para-hydroxylation sites is 1. The molecule has 4 rings (SSSR count). The van der Waals surface area contributed by atoms with Gasteiger partial charge in [0.25, 0.3) is 5.91 Å². The maximum absolute atomic E-state index is 13.3. The second-order valence-corrected chi connectivity index (χ2v) is 6.78. The number of nitrogens with zero attached hydrogens (tertiary/aromatic N) is 6. The first-order valence-electron chi connectivity index (χ1n) is 9.23. The summed E-state index contributed by atoms with van der Waals surface area (Å²) in [5.41, 5.74) is 5.34. The quantitative estimate of drug-likeness (QED) is 0.659. The third-order valence-electron chi connectivity index (χ3n) is 4.73. The van der Waals surface area contributed by atoms with Gasteiger partial charge in [-0.1, -0.05) is 18.2 Å². The van der Waals surface area contributed by atoms with Crippen molar-refractivity contribution >= 4 is 23.4 Å². The molecule has 1 aromatic carbocycles. The summed E-state index contributed by atoms with van der Waals surface area (Å²) in [7, 11) is 1.86. The Balaban J connectivity index is 1.86. The van der Waals surface area contributed by atoms with Gasteiger partial charge in [-0.15, -0.1) is 0 Å². The summed E-state index contributed by atoms with van der Waals surface area (Å²) < 4.78 is 3.62. The molecule has 0 aliphatic carbocycles. The molecular weight excluding hydrogens is 352 g/mol. The lowest BCUT2D eigenvalue weighted by atomic mass is 10.0. The van der Waals surface area contributed by atoms with Crippen molar-refractivity contribution in [2.75, 3.05) is 5.01 Å². The first kappa shape index (κ1) is 17.9. The molecule has 28 heavy (non-hydrogen) atoms. The van der Waals surface area contributed by atoms with Gasteiger partial charge in [-0.2, -0.15) is 20.3 Å². The molecular formula is C21H22N6O. The minimum atomic E-state index is -0.163. The average molecular weight is 374 g/mol. The molecule has 2 aromatic heterocycles. The highest BCUT2D eigenvalue weighted by atomic mass is 16.2. The Morgan fingerprint density at radius 2 is 1.86 bits per heavy atom. The van der Waals surface area contributed by atoms with E-state index in [1.807, 2.05) is 81.2 Å². The van der Waals surface area contributed by atoms with Crippen molar-refractivity contribution in [1.29, 1.82) is 0 Å². The minimum absolute atomic E-state index is 0.163. The van der Waals surface area contributed by atoms with Gasteiger partial charge in [0.1, 0.15) is 5.71 Å². The molecule has 0 bridgehead atoms. The smallest absolute Gasteiger partial charge is 0.272 e. The Labute approximate surface area is 163 Å². The number of hydrazone groups is 1. The molecule has 0 N–H and O–H groups in total. The number of hydrogen-bond donors (Lipinski definition) is 0. The van der Waals surface area contributed by atoms with Crippen LogP contribution in [0.4, 0.5) is 5.69 Å². The highest BCUT2D eigenvalue weighted by Gasteiger charge is 2.33. The molecule has 7 heteroatoms. The van der Waals surface area contributed by atoms with Crippen molar-refractivity contribution < 1.29 is 4.79 Å². The van der Waals surface area contributed by atoms with Crippen LogP contribution in [0.5, 0.6) is 0 Å². The lowest BCUT2D eigenvalue weighted by Crippen LogP contribution is -2.21. The third-order valence-corrected chi connectivity index (χ3v) is 4.73. The molecule has 0 atom stereocenters. The second-order valence-electron chi connectivity index (χ2n) is 6.78. The highest BCUT2D eigenvalue weighted by molar-refractivity contribution is 6.37. The van der Waals surface area contributed by atoms with E-state index < -0.39 is 0 Å². The van der Waals surface area contributed by atoms with E-state index in [-0.39, 0.29) is 5.91 Å². The lowest BCUT2D eigenvalue weighted by Gasteiger charge is -2.10. The van der Waals surface area contributed by atoms with Gasteiger partial charge in [0.15, 0.2) is 0 Å². The number of aromatic nitrogens is 4. The fraction of sp³-hybridized carbons (Fsp3) is 0.238. The van der Waals surface area contributed by atoms with Crippen LogP contribution in [0, 0.1) is 13.8 Å². The molecule has 3 heterocycles.